The van der Waals surface area contributed by atoms with Gasteiger partial charge in [-0.05, 0) is 13.8 Å². The Bertz CT molecular complexity index is 622. The van der Waals surface area contributed by atoms with Crippen molar-refractivity contribution in [2.24, 2.45) is 0 Å². The zero-order valence-electron chi connectivity index (χ0n) is 24.7. The minimum atomic E-state index is 0. The molecule has 0 bridgehead atoms. The molecular formula is C38H66Y2-4. The van der Waals surface area contributed by atoms with Gasteiger partial charge in [0, 0.05) is 65.4 Å². The molecule has 2 heteroatoms. The van der Waals surface area contributed by atoms with Crippen molar-refractivity contribution >= 4 is 0 Å². The van der Waals surface area contributed by atoms with Crippen LogP contribution in [0.15, 0.2) is 121 Å². The van der Waals surface area contributed by atoms with Gasteiger partial charge in [-0.1, -0.05) is 143 Å². The van der Waals surface area contributed by atoms with Gasteiger partial charge in [0.2, 0.25) is 0 Å². The van der Waals surface area contributed by atoms with E-state index >= 15 is 0 Å². The Labute approximate surface area is 307 Å². The third-order valence-corrected chi connectivity index (χ3v) is 3.10. The maximum Gasteiger partial charge on any atom is 0 e. The molecule has 0 heterocycles. The first-order valence-electron chi connectivity index (χ1n) is 11.6. The van der Waals surface area contributed by atoms with Crippen LogP contribution in [-0.2, 0) is 65.4 Å². The summed E-state index contributed by atoms with van der Waals surface area (Å²) in [5.74, 6) is 0. The summed E-state index contributed by atoms with van der Waals surface area (Å²) in [7, 11) is 0. The zero-order chi connectivity index (χ0) is 24.7. The van der Waals surface area contributed by atoms with Crippen molar-refractivity contribution in [2.45, 2.75) is 85.1 Å². The van der Waals surface area contributed by atoms with Crippen molar-refractivity contribution in [3.63, 3.8) is 0 Å². The van der Waals surface area contributed by atoms with Crippen LogP contribution in [0.1, 0.15) is 82.4 Å². The fourth-order valence-corrected chi connectivity index (χ4v) is 1.75. The Hall–Kier alpha value is -0.912. The van der Waals surface area contributed by atoms with Gasteiger partial charge in [0.05, 0.1) is 0 Å². The van der Waals surface area contributed by atoms with E-state index in [0.717, 1.165) is 0 Å². The van der Waals surface area contributed by atoms with E-state index in [1.807, 2.05) is 139 Å². The van der Waals surface area contributed by atoms with Crippen LogP contribution in [-0.4, -0.2) is 0 Å². The summed E-state index contributed by atoms with van der Waals surface area (Å²) in [6.07, 6.45) is 0. The Balaban J connectivity index is -0.0000000276. The second-order valence-electron chi connectivity index (χ2n) is 5.46. The van der Waals surface area contributed by atoms with Gasteiger partial charge in [0.1, 0.15) is 0 Å². The van der Waals surface area contributed by atoms with Gasteiger partial charge < -0.3 is 14.9 Å². The monoisotopic (exact) mass is 700 g/mol. The van der Waals surface area contributed by atoms with Crippen LogP contribution in [0.5, 0.6) is 0 Å². The summed E-state index contributed by atoms with van der Waals surface area (Å²) < 4.78 is 0. The number of aryl methyl sites for hydroxylation is 2. The third kappa shape index (κ3) is 65.8. The molecule has 0 unspecified atom stereocenters. The van der Waals surface area contributed by atoms with Crippen LogP contribution in [0.4, 0.5) is 0 Å². The second-order valence-corrected chi connectivity index (χ2v) is 5.46. The first kappa shape index (κ1) is 71.9. The molecule has 0 aliphatic carbocycles. The first-order chi connectivity index (χ1) is 15.8. The minimum Gasteiger partial charge on any atom is -0.358 e. The van der Waals surface area contributed by atoms with Gasteiger partial charge in [-0.15, -0.1) is 0 Å². The number of hydrogen-bond acceptors (Lipinski definition) is 0. The zero-order valence-corrected chi connectivity index (χ0v) is 30.4. The maximum absolute atomic E-state index is 2.89. The molecule has 228 valence electrons. The number of rotatable bonds is 0. The Morgan fingerprint density at radius 1 is 0.350 bits per heavy atom. The van der Waals surface area contributed by atoms with Crippen molar-refractivity contribution in [1.29, 1.82) is 0 Å². The standard InChI is InChI=1S/2C7H8.2C6H5.3C2H6.4CH4.2CH3.2Y/c2*1-7-5-3-2-4-6-7;2*1-2-4-6-5-3-1;3*1-2;;;;;;;;/h2*2-6H,1H3;2*1-5H;3*1-2H3;4*1H4;2*1H3;;/q;;2*-1;;;;;;;;2*-1;;. The first-order valence-corrected chi connectivity index (χ1v) is 11.6. The van der Waals surface area contributed by atoms with Crippen molar-refractivity contribution < 1.29 is 65.4 Å². The van der Waals surface area contributed by atoms with Crippen molar-refractivity contribution in [1.82, 2.24) is 0 Å². The summed E-state index contributed by atoms with van der Waals surface area (Å²) in [5, 5.41) is 0. The molecular weight excluding hydrogens is 634 g/mol. The van der Waals surface area contributed by atoms with E-state index in [-0.39, 0.29) is 110 Å². The summed E-state index contributed by atoms with van der Waals surface area (Å²) in [6, 6.07) is 45.5. The Morgan fingerprint density at radius 3 is 0.600 bits per heavy atom. The van der Waals surface area contributed by atoms with Crippen LogP contribution < -0.4 is 0 Å². The molecule has 0 atom stereocenters. The van der Waals surface area contributed by atoms with Gasteiger partial charge in [-0.3, -0.25) is 0 Å². The van der Waals surface area contributed by atoms with Crippen LogP contribution in [0.3, 0.4) is 0 Å². The maximum atomic E-state index is 2.89. The minimum absolute atomic E-state index is 0. The number of hydrogen-bond donors (Lipinski definition) is 0. The van der Waals surface area contributed by atoms with E-state index in [9.17, 15) is 0 Å². The van der Waals surface area contributed by atoms with Crippen LogP contribution in [0.2, 0.25) is 0 Å². The van der Waals surface area contributed by atoms with Gasteiger partial charge in [-0.2, -0.15) is 72.8 Å². The van der Waals surface area contributed by atoms with Gasteiger partial charge in [0.15, 0.2) is 0 Å². The van der Waals surface area contributed by atoms with Gasteiger partial charge >= 0.3 is 0 Å². The fraction of sp³-hybridized carbons (Fsp3) is 0.316. The summed E-state index contributed by atoms with van der Waals surface area (Å²) >= 11 is 0. The molecule has 4 rings (SSSR count). The molecule has 0 nitrogen and oxygen atoms in total. The molecule has 0 saturated heterocycles. The van der Waals surface area contributed by atoms with Crippen LogP contribution >= 0.6 is 0 Å². The molecule has 0 saturated carbocycles. The predicted octanol–water partition coefficient (Wildman–Crippen LogP) is 13.5. The summed E-state index contributed by atoms with van der Waals surface area (Å²) in [4.78, 5) is 0. The normalized spacial score (nSPS) is 5.90. The molecule has 0 N–H and O–H groups in total. The third-order valence-electron chi connectivity index (χ3n) is 3.10. The molecule has 4 aromatic carbocycles. The van der Waals surface area contributed by atoms with Crippen molar-refractivity contribution in [2.75, 3.05) is 0 Å². The van der Waals surface area contributed by atoms with E-state index in [1.54, 1.807) is 0 Å². The SMILES string of the molecule is C.C.C.C.CC.CC.CC.Cc1ccccc1.Cc1ccccc1.[CH3-].[CH3-].[Y].[Y].[c-]1ccccc1.[c-]1ccccc1. The molecule has 2 radical (unpaired) electrons. The van der Waals surface area contributed by atoms with Crippen LogP contribution in [0, 0.1) is 40.8 Å². The molecule has 0 spiro atoms. The largest absolute Gasteiger partial charge is 0.358 e. The number of benzene rings is 4. The predicted molar refractivity (Wildman–Crippen MR) is 187 cm³/mol. The molecule has 4 aromatic rings. The average Bonchev–Trinajstić information content (AvgIpc) is 2.92. The van der Waals surface area contributed by atoms with E-state index in [4.69, 9.17) is 0 Å². The molecule has 0 aromatic heterocycles. The fourth-order valence-electron chi connectivity index (χ4n) is 1.75. The van der Waals surface area contributed by atoms with Crippen molar-refractivity contribution in [3.8, 4) is 0 Å². The molecule has 0 aliphatic rings. The van der Waals surface area contributed by atoms with E-state index < -0.39 is 0 Å². The smallest absolute Gasteiger partial charge is 0 e. The quantitative estimate of drug-likeness (QED) is 0.160. The Kier molecular flexibility index (Phi) is 128. The van der Waals surface area contributed by atoms with Gasteiger partial charge in [0.25, 0.3) is 0 Å². The molecule has 0 aliphatic heterocycles. The van der Waals surface area contributed by atoms with Crippen molar-refractivity contribution in [3.05, 3.63) is 159 Å². The summed E-state index contributed by atoms with van der Waals surface area (Å²) in [5.41, 5.74) is 2.64. The molecule has 40 heavy (non-hydrogen) atoms. The van der Waals surface area contributed by atoms with E-state index in [2.05, 4.69) is 50.2 Å². The van der Waals surface area contributed by atoms with E-state index in [0.29, 0.717) is 0 Å². The van der Waals surface area contributed by atoms with E-state index in [1.165, 1.54) is 11.1 Å². The topological polar surface area (TPSA) is 0 Å². The molecule has 0 fully saturated rings. The van der Waals surface area contributed by atoms with Gasteiger partial charge in [-0.25, -0.2) is 0 Å². The second kappa shape index (κ2) is 71.4. The summed E-state index contributed by atoms with van der Waals surface area (Å²) in [6.45, 7) is 16.2. The Morgan fingerprint density at radius 2 is 0.525 bits per heavy atom. The average molecular weight is 701 g/mol. The molecule has 0 amide bonds. The van der Waals surface area contributed by atoms with Crippen LogP contribution in [0.25, 0.3) is 0 Å².